The van der Waals surface area contributed by atoms with Crippen molar-refractivity contribution in [3.05, 3.63) is 151 Å². The Hall–Kier alpha value is -5.28. The lowest BCUT2D eigenvalue weighted by Gasteiger charge is -2.27. The van der Waals surface area contributed by atoms with Gasteiger partial charge in [0.15, 0.2) is 5.58 Å². The Kier molecular flexibility index (Phi) is 5.04. The van der Waals surface area contributed by atoms with E-state index in [9.17, 15) is 0 Å². The number of nitrogens with zero attached hydrogens (tertiary/aromatic N) is 2. The lowest BCUT2D eigenvalue weighted by molar-refractivity contribution is 0.666. The molecule has 0 aliphatic carbocycles. The fraction of sp³-hybridized carbons (Fsp3) is 0.0270. The molecule has 0 fully saturated rings. The Morgan fingerprint density at radius 2 is 1.32 bits per heavy atom. The van der Waals surface area contributed by atoms with Crippen LogP contribution in [0.5, 0.6) is 0 Å². The summed E-state index contributed by atoms with van der Waals surface area (Å²) in [6.45, 7) is 4.43. The number of anilines is 2. The van der Waals surface area contributed by atoms with Crippen LogP contribution < -0.4 is 4.90 Å². The Morgan fingerprint density at radius 1 is 0.625 bits per heavy atom. The minimum atomic E-state index is 0.864. The molecular weight excluding hydrogens is 488 g/mol. The number of benzene rings is 5. The molecule has 0 radical (unpaired) electrons. The molecular formula is C37H26N2O. The summed E-state index contributed by atoms with van der Waals surface area (Å²) in [7, 11) is 0. The van der Waals surface area contributed by atoms with Crippen LogP contribution >= 0.6 is 0 Å². The predicted octanol–water partition coefficient (Wildman–Crippen LogP) is 10.0. The highest BCUT2D eigenvalue weighted by Gasteiger charge is 2.20. The molecule has 7 aromatic rings. The third-order valence-corrected chi connectivity index (χ3v) is 7.93. The third kappa shape index (κ3) is 3.38. The van der Waals surface area contributed by atoms with Crippen molar-refractivity contribution in [3.8, 4) is 5.69 Å². The van der Waals surface area contributed by atoms with Crippen LogP contribution in [0.15, 0.2) is 150 Å². The van der Waals surface area contributed by atoms with Crippen molar-refractivity contribution < 1.29 is 4.42 Å². The van der Waals surface area contributed by atoms with Crippen LogP contribution in [0.2, 0.25) is 0 Å². The maximum Gasteiger partial charge on any atom is 0.159 e. The van der Waals surface area contributed by atoms with Crippen molar-refractivity contribution in [2.75, 3.05) is 4.90 Å². The van der Waals surface area contributed by atoms with Gasteiger partial charge in [0, 0.05) is 38.6 Å². The van der Waals surface area contributed by atoms with E-state index in [4.69, 9.17) is 4.42 Å². The van der Waals surface area contributed by atoms with Crippen molar-refractivity contribution >= 4 is 55.1 Å². The van der Waals surface area contributed by atoms with Crippen LogP contribution in [0.1, 0.15) is 5.56 Å². The van der Waals surface area contributed by atoms with Gasteiger partial charge < -0.3 is 13.9 Å². The Balaban J connectivity index is 1.36. The van der Waals surface area contributed by atoms with Gasteiger partial charge in [-0.15, -0.1) is 0 Å². The van der Waals surface area contributed by atoms with Gasteiger partial charge in [-0.25, -0.2) is 0 Å². The minimum absolute atomic E-state index is 0.864. The molecule has 3 nitrogen and oxygen atoms in total. The molecule has 5 aromatic carbocycles. The second kappa shape index (κ2) is 8.89. The van der Waals surface area contributed by atoms with E-state index in [1.54, 1.807) is 0 Å². The van der Waals surface area contributed by atoms with Crippen LogP contribution in [0.3, 0.4) is 0 Å². The second-order valence-electron chi connectivity index (χ2n) is 10.3. The molecule has 1 aliphatic heterocycles. The van der Waals surface area contributed by atoms with E-state index in [0.717, 1.165) is 51.1 Å². The first-order valence-electron chi connectivity index (χ1n) is 13.6. The van der Waals surface area contributed by atoms with E-state index in [0.29, 0.717) is 0 Å². The standard InChI is InChI=1S/C37H26N2O/c1-25-12-3-2-4-13-26-14-5-8-18-32(26)38(25)27-22-23-36-31(24-27)30-17-11-21-35(37(30)40-36)39-33-19-9-6-15-28(33)29-16-7-10-20-34(29)39/h2-12,14-24H,1,13H2/b4-2-,12-3-. The summed E-state index contributed by atoms with van der Waals surface area (Å²) < 4.78 is 8.95. The van der Waals surface area contributed by atoms with Crippen molar-refractivity contribution in [3.63, 3.8) is 0 Å². The molecule has 0 spiro atoms. The molecule has 0 saturated heterocycles. The van der Waals surface area contributed by atoms with Crippen molar-refractivity contribution in [1.82, 2.24) is 4.57 Å². The molecule has 0 amide bonds. The normalized spacial score (nSPS) is 15.3. The first kappa shape index (κ1) is 22.7. The van der Waals surface area contributed by atoms with Crippen molar-refractivity contribution in [2.24, 2.45) is 0 Å². The summed E-state index contributed by atoms with van der Waals surface area (Å²) in [6.07, 6.45) is 9.27. The summed E-state index contributed by atoms with van der Waals surface area (Å²) in [5.74, 6) is 0. The van der Waals surface area contributed by atoms with Crippen LogP contribution in [-0.2, 0) is 6.42 Å². The molecule has 1 aliphatic rings. The monoisotopic (exact) mass is 514 g/mol. The molecule has 8 rings (SSSR count). The van der Waals surface area contributed by atoms with Crippen LogP contribution in [0, 0.1) is 0 Å². The fourth-order valence-electron chi connectivity index (χ4n) is 6.14. The van der Waals surface area contributed by atoms with E-state index in [1.165, 1.54) is 27.4 Å². The van der Waals surface area contributed by atoms with E-state index in [2.05, 4.69) is 150 Å². The molecule has 40 heavy (non-hydrogen) atoms. The maximum absolute atomic E-state index is 6.62. The summed E-state index contributed by atoms with van der Waals surface area (Å²) in [5.41, 5.74) is 9.50. The number of aromatic nitrogens is 1. The van der Waals surface area contributed by atoms with Gasteiger partial charge in [0.25, 0.3) is 0 Å². The summed E-state index contributed by atoms with van der Waals surface area (Å²) in [6, 6.07) is 38.6. The van der Waals surface area contributed by atoms with Crippen molar-refractivity contribution in [1.29, 1.82) is 0 Å². The van der Waals surface area contributed by atoms with Gasteiger partial charge in [-0.2, -0.15) is 0 Å². The lowest BCUT2D eigenvalue weighted by Crippen LogP contribution is -2.15. The first-order chi connectivity index (χ1) is 19.8. The second-order valence-corrected chi connectivity index (χ2v) is 10.3. The fourth-order valence-corrected chi connectivity index (χ4v) is 6.14. The summed E-state index contributed by atoms with van der Waals surface area (Å²) >= 11 is 0. The summed E-state index contributed by atoms with van der Waals surface area (Å²) in [4.78, 5) is 2.24. The topological polar surface area (TPSA) is 21.3 Å². The summed E-state index contributed by atoms with van der Waals surface area (Å²) in [5, 5.41) is 4.65. The predicted molar refractivity (Wildman–Crippen MR) is 168 cm³/mol. The number of allylic oxidation sites excluding steroid dienone is 4. The van der Waals surface area contributed by atoms with E-state index < -0.39 is 0 Å². The zero-order valence-corrected chi connectivity index (χ0v) is 21.9. The van der Waals surface area contributed by atoms with Crippen molar-refractivity contribution in [2.45, 2.75) is 6.42 Å². The number of hydrogen-bond acceptors (Lipinski definition) is 2. The largest absolute Gasteiger partial charge is 0.454 e. The van der Waals surface area contributed by atoms with E-state index in [1.807, 2.05) is 0 Å². The number of para-hydroxylation sites is 4. The molecule has 0 unspecified atom stereocenters. The Morgan fingerprint density at radius 3 is 2.15 bits per heavy atom. The van der Waals surface area contributed by atoms with Gasteiger partial charge in [-0.1, -0.05) is 91.5 Å². The van der Waals surface area contributed by atoms with Crippen LogP contribution in [0.4, 0.5) is 11.4 Å². The molecule has 0 atom stereocenters. The van der Waals surface area contributed by atoms with Gasteiger partial charge >= 0.3 is 0 Å². The highest BCUT2D eigenvalue weighted by molar-refractivity contribution is 6.13. The zero-order valence-electron chi connectivity index (χ0n) is 21.9. The van der Waals surface area contributed by atoms with E-state index >= 15 is 0 Å². The maximum atomic E-state index is 6.62. The van der Waals surface area contributed by atoms with E-state index in [-0.39, 0.29) is 0 Å². The SMILES string of the molecule is C=C1/C=C\C=C/Cc2ccccc2N1c1ccc2oc3c(-n4c5ccccc5c5ccccc54)cccc3c2c1. The number of furan rings is 1. The van der Waals surface area contributed by atoms with Crippen LogP contribution in [0.25, 0.3) is 49.4 Å². The molecule has 0 N–H and O–H groups in total. The lowest BCUT2D eigenvalue weighted by atomic mass is 10.1. The van der Waals surface area contributed by atoms with Gasteiger partial charge in [0.2, 0.25) is 0 Å². The molecule has 190 valence electrons. The first-order valence-corrected chi connectivity index (χ1v) is 13.6. The van der Waals surface area contributed by atoms with Gasteiger partial charge in [-0.3, -0.25) is 0 Å². The molecule has 2 aromatic heterocycles. The van der Waals surface area contributed by atoms with Gasteiger partial charge in [0.05, 0.1) is 16.7 Å². The average molecular weight is 515 g/mol. The Labute approximate surface area is 232 Å². The van der Waals surface area contributed by atoms with Gasteiger partial charge in [-0.05, 0) is 60.5 Å². The quantitative estimate of drug-likeness (QED) is 0.229. The van der Waals surface area contributed by atoms with Crippen LogP contribution in [-0.4, -0.2) is 4.57 Å². The molecule has 0 saturated carbocycles. The number of fused-ring (bicyclic) bond motifs is 7. The smallest absolute Gasteiger partial charge is 0.159 e. The van der Waals surface area contributed by atoms with Gasteiger partial charge in [0.1, 0.15) is 5.58 Å². The molecule has 3 heterocycles. The Bertz CT molecular complexity index is 2120. The highest BCUT2D eigenvalue weighted by Crippen LogP contribution is 2.41. The highest BCUT2D eigenvalue weighted by atomic mass is 16.3. The third-order valence-electron chi connectivity index (χ3n) is 7.93. The molecule has 3 heteroatoms. The average Bonchev–Trinajstić information content (AvgIpc) is 3.55. The number of hydrogen-bond donors (Lipinski definition) is 0. The minimum Gasteiger partial charge on any atom is -0.454 e. The zero-order chi connectivity index (χ0) is 26.6. The molecule has 0 bridgehead atoms. The number of rotatable bonds is 2.